The van der Waals surface area contributed by atoms with Crippen molar-refractivity contribution in [3.05, 3.63) is 66.7 Å². The molecule has 2 aromatic rings. The Morgan fingerprint density at radius 3 is 2.17 bits per heavy atom. The number of rotatable bonds is 2. The Kier molecular flexibility index (Phi) is 5.72. The van der Waals surface area contributed by atoms with E-state index >= 15 is 0 Å². The molecule has 0 aliphatic heterocycles. The molecule has 0 spiro atoms. The van der Waals surface area contributed by atoms with Crippen LogP contribution < -0.4 is 4.74 Å². The second kappa shape index (κ2) is 7.33. The van der Waals surface area contributed by atoms with Gasteiger partial charge in [0.2, 0.25) is 0 Å². The number of hydrogen-bond acceptors (Lipinski definition) is 1. The Bertz CT molecular complexity index is 483. The van der Waals surface area contributed by atoms with Crippen molar-refractivity contribution in [2.24, 2.45) is 0 Å². The number of methoxy groups -OCH3 is 1. The van der Waals surface area contributed by atoms with Gasteiger partial charge < -0.3 is 4.74 Å². The lowest BCUT2D eigenvalue weighted by Crippen LogP contribution is -1.83. The predicted octanol–water partition coefficient (Wildman–Crippen LogP) is 4.86. The van der Waals surface area contributed by atoms with Crippen LogP contribution in [0.4, 0.5) is 0 Å². The molecule has 0 aromatic heterocycles. The summed E-state index contributed by atoms with van der Waals surface area (Å²) in [6, 6.07) is 16.6. The molecule has 94 valence electrons. The summed E-state index contributed by atoms with van der Waals surface area (Å²) in [5.41, 5.74) is 3.69. The molecule has 0 aliphatic carbocycles. The summed E-state index contributed by atoms with van der Waals surface area (Å²) in [5.74, 6) is 0.896. The molecular formula is C17H20O. The van der Waals surface area contributed by atoms with Gasteiger partial charge in [0.05, 0.1) is 7.11 Å². The minimum Gasteiger partial charge on any atom is -0.497 e. The molecule has 1 nitrogen and oxygen atoms in total. The highest BCUT2D eigenvalue weighted by Gasteiger charge is 1.98. The van der Waals surface area contributed by atoms with Crippen LogP contribution in [0.25, 0.3) is 11.1 Å². The van der Waals surface area contributed by atoms with E-state index in [4.69, 9.17) is 4.74 Å². The van der Waals surface area contributed by atoms with Crippen LogP contribution in [0.5, 0.6) is 5.75 Å². The van der Waals surface area contributed by atoms with E-state index in [0.29, 0.717) is 0 Å². The maximum Gasteiger partial charge on any atom is 0.119 e. The Hall–Kier alpha value is -2.02. The number of benzene rings is 2. The summed E-state index contributed by atoms with van der Waals surface area (Å²) in [4.78, 5) is 0. The lowest BCUT2D eigenvalue weighted by Gasteiger charge is -2.04. The first-order chi connectivity index (χ1) is 8.71. The molecule has 0 bridgehead atoms. The molecule has 0 aliphatic rings. The van der Waals surface area contributed by atoms with Gasteiger partial charge in [-0.1, -0.05) is 48.0 Å². The van der Waals surface area contributed by atoms with Gasteiger partial charge in [-0.2, -0.15) is 0 Å². The summed E-state index contributed by atoms with van der Waals surface area (Å²) in [6.07, 6.45) is 1.75. The van der Waals surface area contributed by atoms with Crippen LogP contribution in [0, 0.1) is 6.92 Å². The van der Waals surface area contributed by atoms with Crippen molar-refractivity contribution in [1.82, 2.24) is 0 Å². The Morgan fingerprint density at radius 2 is 1.61 bits per heavy atom. The summed E-state index contributed by atoms with van der Waals surface area (Å²) in [7, 11) is 1.69. The minimum atomic E-state index is 0.896. The average molecular weight is 240 g/mol. The second-order valence-corrected chi connectivity index (χ2v) is 4.01. The highest BCUT2D eigenvalue weighted by Crippen LogP contribution is 2.23. The van der Waals surface area contributed by atoms with Crippen molar-refractivity contribution in [2.75, 3.05) is 7.11 Å². The van der Waals surface area contributed by atoms with Crippen LogP contribution in [0.2, 0.25) is 0 Å². The molecule has 0 heterocycles. The fraction of sp³-hybridized carbons (Fsp3) is 0.176. The number of aryl methyl sites for hydroxylation is 1. The molecule has 0 fully saturated rings. The topological polar surface area (TPSA) is 9.23 Å². The van der Waals surface area contributed by atoms with Crippen molar-refractivity contribution in [1.29, 1.82) is 0 Å². The van der Waals surface area contributed by atoms with Crippen LogP contribution in [-0.4, -0.2) is 7.11 Å². The zero-order valence-electron chi connectivity index (χ0n) is 11.3. The van der Waals surface area contributed by atoms with Gasteiger partial charge in [0.1, 0.15) is 5.75 Å². The van der Waals surface area contributed by atoms with Crippen LogP contribution >= 0.6 is 0 Å². The van der Waals surface area contributed by atoms with Crippen LogP contribution in [0.15, 0.2) is 61.2 Å². The average Bonchev–Trinajstić information content (AvgIpc) is 2.40. The van der Waals surface area contributed by atoms with Crippen molar-refractivity contribution < 1.29 is 4.74 Å². The van der Waals surface area contributed by atoms with Gasteiger partial charge in [0.25, 0.3) is 0 Å². The molecule has 0 N–H and O–H groups in total. The number of hydrogen-bond donors (Lipinski definition) is 0. The molecule has 0 amide bonds. The molecular weight excluding hydrogens is 220 g/mol. The van der Waals surface area contributed by atoms with Crippen LogP contribution in [0.3, 0.4) is 0 Å². The quantitative estimate of drug-likeness (QED) is 0.681. The summed E-state index contributed by atoms with van der Waals surface area (Å²) in [5, 5.41) is 0. The first-order valence-corrected chi connectivity index (χ1v) is 5.99. The number of ether oxygens (including phenoxy) is 1. The first-order valence-electron chi connectivity index (χ1n) is 5.99. The van der Waals surface area contributed by atoms with Gasteiger partial charge in [0, 0.05) is 0 Å². The van der Waals surface area contributed by atoms with Crippen molar-refractivity contribution in [3.8, 4) is 16.9 Å². The molecule has 18 heavy (non-hydrogen) atoms. The Labute approximate surface area is 110 Å². The summed E-state index contributed by atoms with van der Waals surface area (Å²) in [6.45, 7) is 7.34. The van der Waals surface area contributed by atoms with E-state index in [-0.39, 0.29) is 0 Å². The summed E-state index contributed by atoms with van der Waals surface area (Å²) < 4.78 is 5.20. The zero-order valence-corrected chi connectivity index (χ0v) is 11.3. The zero-order chi connectivity index (χ0) is 13.4. The first kappa shape index (κ1) is 14.0. The minimum absolute atomic E-state index is 0.896. The SMILES string of the molecule is C=CC.COc1cccc(-c2ccc(C)cc2)c1. The van der Waals surface area contributed by atoms with Gasteiger partial charge in [-0.3, -0.25) is 0 Å². The molecule has 0 saturated carbocycles. The largest absolute Gasteiger partial charge is 0.497 e. The van der Waals surface area contributed by atoms with E-state index in [9.17, 15) is 0 Å². The molecule has 0 unspecified atom stereocenters. The third kappa shape index (κ3) is 4.10. The van der Waals surface area contributed by atoms with Crippen molar-refractivity contribution >= 4 is 0 Å². The van der Waals surface area contributed by atoms with Crippen molar-refractivity contribution in [3.63, 3.8) is 0 Å². The van der Waals surface area contributed by atoms with E-state index < -0.39 is 0 Å². The van der Waals surface area contributed by atoms with Crippen LogP contribution in [-0.2, 0) is 0 Å². The number of allylic oxidation sites excluding steroid dienone is 1. The van der Waals surface area contributed by atoms with Crippen molar-refractivity contribution in [2.45, 2.75) is 13.8 Å². The van der Waals surface area contributed by atoms with E-state index in [2.05, 4.69) is 43.8 Å². The molecule has 2 aromatic carbocycles. The van der Waals surface area contributed by atoms with Gasteiger partial charge in [-0.15, -0.1) is 6.58 Å². The third-order valence-corrected chi connectivity index (χ3v) is 2.45. The Balaban J connectivity index is 0.000000492. The maximum atomic E-state index is 5.20. The lowest BCUT2D eigenvalue weighted by atomic mass is 10.0. The third-order valence-electron chi connectivity index (χ3n) is 2.45. The lowest BCUT2D eigenvalue weighted by molar-refractivity contribution is 0.415. The van der Waals surface area contributed by atoms with Crippen LogP contribution in [0.1, 0.15) is 12.5 Å². The van der Waals surface area contributed by atoms with Gasteiger partial charge in [0.15, 0.2) is 0 Å². The van der Waals surface area contributed by atoms with Gasteiger partial charge in [-0.25, -0.2) is 0 Å². The highest BCUT2D eigenvalue weighted by atomic mass is 16.5. The molecule has 2 rings (SSSR count). The fourth-order valence-corrected chi connectivity index (χ4v) is 1.55. The maximum absolute atomic E-state index is 5.20. The molecule has 0 saturated heterocycles. The summed E-state index contributed by atoms with van der Waals surface area (Å²) >= 11 is 0. The molecule has 0 atom stereocenters. The normalized spacial score (nSPS) is 9.06. The molecule has 1 heteroatoms. The second-order valence-electron chi connectivity index (χ2n) is 4.01. The highest BCUT2D eigenvalue weighted by molar-refractivity contribution is 5.65. The van der Waals surface area contributed by atoms with E-state index in [1.807, 2.05) is 25.1 Å². The van der Waals surface area contributed by atoms with Gasteiger partial charge in [-0.05, 0) is 37.1 Å². The fourth-order valence-electron chi connectivity index (χ4n) is 1.55. The van der Waals surface area contributed by atoms with Gasteiger partial charge >= 0.3 is 0 Å². The monoisotopic (exact) mass is 240 g/mol. The molecule has 0 radical (unpaired) electrons. The predicted molar refractivity (Wildman–Crippen MR) is 79.0 cm³/mol. The standard InChI is InChI=1S/C14H14O.C3H6/c1-11-6-8-12(9-7-11)13-4-3-5-14(10-13)15-2;1-3-2/h3-10H,1-2H3;3H,1H2,2H3. The van der Waals surface area contributed by atoms with E-state index in [1.165, 1.54) is 16.7 Å². The van der Waals surface area contributed by atoms with E-state index in [0.717, 1.165) is 5.75 Å². The van der Waals surface area contributed by atoms with E-state index in [1.54, 1.807) is 13.2 Å². The smallest absolute Gasteiger partial charge is 0.119 e. The Morgan fingerprint density at radius 1 is 1.00 bits per heavy atom.